The molecule has 1 atom stereocenters. The van der Waals surface area contributed by atoms with E-state index in [0.717, 1.165) is 12.1 Å². The van der Waals surface area contributed by atoms with Crippen LogP contribution in [0.5, 0.6) is 5.75 Å². The Kier molecular flexibility index (Phi) is 5.31. The van der Waals surface area contributed by atoms with Crippen LogP contribution in [0.2, 0.25) is 5.02 Å². The molecule has 2 nitrogen and oxygen atoms in total. The molecule has 0 amide bonds. The quantitative estimate of drug-likeness (QED) is 0.699. The molecule has 0 aromatic heterocycles. The van der Waals surface area contributed by atoms with Gasteiger partial charge in [-0.25, -0.2) is 0 Å². The summed E-state index contributed by atoms with van der Waals surface area (Å²) in [6, 6.07) is 15.9. The molecule has 0 aliphatic heterocycles. The summed E-state index contributed by atoms with van der Waals surface area (Å²) in [5, 5.41) is 13.4. The fourth-order valence-corrected chi connectivity index (χ4v) is 2.39. The lowest BCUT2D eigenvalue weighted by Crippen LogP contribution is -2.10. The van der Waals surface area contributed by atoms with Gasteiger partial charge >= 0.3 is 0 Å². The predicted octanol–water partition coefficient (Wildman–Crippen LogP) is 5.39. The molecule has 0 fully saturated rings. The summed E-state index contributed by atoms with van der Waals surface area (Å²) in [4.78, 5) is 0. The van der Waals surface area contributed by atoms with Crippen LogP contribution < -0.4 is 5.32 Å². The molecule has 0 spiro atoms. The van der Waals surface area contributed by atoms with Gasteiger partial charge in [-0.1, -0.05) is 61.7 Å². The Balaban J connectivity index is 2.17. The van der Waals surface area contributed by atoms with Crippen LogP contribution in [0.1, 0.15) is 37.8 Å². The van der Waals surface area contributed by atoms with Gasteiger partial charge in [-0.15, -0.1) is 0 Å². The average molecular weight is 290 g/mol. The molecule has 106 valence electrons. The topological polar surface area (TPSA) is 32.3 Å². The highest BCUT2D eigenvalue weighted by molar-refractivity contribution is 6.32. The molecule has 0 heterocycles. The monoisotopic (exact) mass is 289 g/mol. The van der Waals surface area contributed by atoms with Crippen LogP contribution in [-0.4, -0.2) is 5.11 Å². The zero-order valence-corrected chi connectivity index (χ0v) is 12.4. The number of hydrogen-bond donors (Lipinski definition) is 2. The van der Waals surface area contributed by atoms with Gasteiger partial charge in [0, 0.05) is 5.69 Å². The lowest BCUT2D eigenvalue weighted by molar-refractivity contribution is 0.475. The van der Waals surface area contributed by atoms with E-state index in [1.807, 2.05) is 12.1 Å². The van der Waals surface area contributed by atoms with E-state index in [1.54, 1.807) is 12.1 Å². The van der Waals surface area contributed by atoms with Gasteiger partial charge in [-0.2, -0.15) is 0 Å². The number of phenolic OH excluding ortho intramolecular Hbond substituents is 1. The lowest BCUT2D eigenvalue weighted by atomic mass is 10.0. The smallest absolute Gasteiger partial charge is 0.134 e. The van der Waals surface area contributed by atoms with Crippen molar-refractivity contribution in [3.63, 3.8) is 0 Å². The number of unbranched alkanes of at least 4 members (excludes halogenated alkanes) is 1. The zero-order valence-electron chi connectivity index (χ0n) is 11.6. The molecule has 2 aromatic rings. The van der Waals surface area contributed by atoms with E-state index in [-0.39, 0.29) is 11.8 Å². The third-order valence-electron chi connectivity index (χ3n) is 3.34. The van der Waals surface area contributed by atoms with Crippen molar-refractivity contribution in [1.29, 1.82) is 0 Å². The number of rotatable bonds is 6. The number of aromatic hydroxyl groups is 1. The van der Waals surface area contributed by atoms with Crippen LogP contribution in [0.4, 0.5) is 5.69 Å². The highest BCUT2D eigenvalue weighted by Gasteiger charge is 2.11. The number of nitrogens with one attached hydrogen (secondary N) is 1. The zero-order chi connectivity index (χ0) is 14.4. The van der Waals surface area contributed by atoms with E-state index in [4.69, 9.17) is 11.6 Å². The number of anilines is 1. The van der Waals surface area contributed by atoms with Crippen molar-refractivity contribution in [2.24, 2.45) is 0 Å². The van der Waals surface area contributed by atoms with Crippen molar-refractivity contribution in [1.82, 2.24) is 0 Å². The fraction of sp³-hybridized carbons (Fsp3) is 0.294. The van der Waals surface area contributed by atoms with Crippen molar-refractivity contribution < 1.29 is 5.11 Å². The van der Waals surface area contributed by atoms with Crippen LogP contribution in [0.15, 0.2) is 48.5 Å². The molecular weight excluding hydrogens is 270 g/mol. The molecule has 0 radical (unpaired) electrons. The summed E-state index contributed by atoms with van der Waals surface area (Å²) in [7, 11) is 0. The molecule has 2 rings (SSSR count). The van der Waals surface area contributed by atoms with E-state index in [1.165, 1.54) is 18.4 Å². The van der Waals surface area contributed by atoms with E-state index in [9.17, 15) is 5.11 Å². The van der Waals surface area contributed by atoms with E-state index in [0.29, 0.717) is 5.02 Å². The average Bonchev–Trinajstić information content (AvgIpc) is 2.48. The second-order valence-electron chi connectivity index (χ2n) is 4.92. The van der Waals surface area contributed by atoms with Crippen LogP contribution in [-0.2, 0) is 0 Å². The number of halogens is 1. The van der Waals surface area contributed by atoms with Crippen molar-refractivity contribution in [3.8, 4) is 5.75 Å². The molecule has 0 aliphatic rings. The third kappa shape index (κ3) is 3.91. The molecule has 0 saturated heterocycles. The molecule has 0 saturated carbocycles. The number of benzene rings is 2. The second kappa shape index (κ2) is 7.20. The minimum atomic E-state index is 0.113. The predicted molar refractivity (Wildman–Crippen MR) is 85.4 cm³/mol. The number of phenols is 1. The Hall–Kier alpha value is -1.67. The summed E-state index contributed by atoms with van der Waals surface area (Å²) >= 11 is 5.96. The van der Waals surface area contributed by atoms with Crippen LogP contribution in [0.3, 0.4) is 0 Å². The summed E-state index contributed by atoms with van der Waals surface area (Å²) in [5.74, 6) is 0.113. The first-order chi connectivity index (χ1) is 9.70. The highest BCUT2D eigenvalue weighted by Crippen LogP contribution is 2.30. The number of hydrogen-bond acceptors (Lipinski definition) is 2. The van der Waals surface area contributed by atoms with Gasteiger partial charge in [-0.3, -0.25) is 0 Å². The molecule has 1 unspecified atom stereocenters. The maximum Gasteiger partial charge on any atom is 0.134 e. The summed E-state index contributed by atoms with van der Waals surface area (Å²) in [5.41, 5.74) is 2.20. The molecular formula is C17H20ClNO. The van der Waals surface area contributed by atoms with E-state index >= 15 is 0 Å². The molecule has 3 heteroatoms. The van der Waals surface area contributed by atoms with Gasteiger partial charge in [-0.05, 0) is 30.2 Å². The first kappa shape index (κ1) is 14.7. The fourth-order valence-electron chi connectivity index (χ4n) is 2.21. The SMILES string of the molecule is CCCCC(Nc1ccc(O)c(Cl)c1)c1ccccc1. The highest BCUT2D eigenvalue weighted by atomic mass is 35.5. The van der Waals surface area contributed by atoms with Gasteiger partial charge in [0.25, 0.3) is 0 Å². The molecule has 2 N–H and O–H groups in total. The van der Waals surface area contributed by atoms with E-state index in [2.05, 4.69) is 36.5 Å². The van der Waals surface area contributed by atoms with Crippen LogP contribution >= 0.6 is 11.6 Å². The van der Waals surface area contributed by atoms with Gasteiger partial charge in [0.15, 0.2) is 0 Å². The molecule has 20 heavy (non-hydrogen) atoms. The summed E-state index contributed by atoms with van der Waals surface area (Å²) in [6.07, 6.45) is 3.40. The minimum Gasteiger partial charge on any atom is -0.506 e. The lowest BCUT2D eigenvalue weighted by Gasteiger charge is -2.20. The van der Waals surface area contributed by atoms with Crippen LogP contribution in [0.25, 0.3) is 0 Å². The third-order valence-corrected chi connectivity index (χ3v) is 3.64. The Morgan fingerprint density at radius 1 is 1.15 bits per heavy atom. The maximum absolute atomic E-state index is 9.48. The Bertz CT molecular complexity index is 542. The Labute approximate surface area is 125 Å². The molecule has 0 bridgehead atoms. The van der Waals surface area contributed by atoms with Crippen molar-refractivity contribution in [3.05, 3.63) is 59.1 Å². The largest absolute Gasteiger partial charge is 0.506 e. The minimum absolute atomic E-state index is 0.113. The first-order valence-electron chi connectivity index (χ1n) is 7.00. The first-order valence-corrected chi connectivity index (χ1v) is 7.38. The van der Waals surface area contributed by atoms with E-state index < -0.39 is 0 Å². The van der Waals surface area contributed by atoms with Crippen molar-refractivity contribution in [2.75, 3.05) is 5.32 Å². The molecule has 0 aliphatic carbocycles. The van der Waals surface area contributed by atoms with Gasteiger partial charge in [0.05, 0.1) is 11.1 Å². The van der Waals surface area contributed by atoms with Gasteiger partial charge in [0.2, 0.25) is 0 Å². The normalized spacial score (nSPS) is 12.1. The van der Waals surface area contributed by atoms with Gasteiger partial charge < -0.3 is 10.4 Å². The molecule has 2 aromatic carbocycles. The second-order valence-corrected chi connectivity index (χ2v) is 5.32. The Morgan fingerprint density at radius 2 is 1.90 bits per heavy atom. The van der Waals surface area contributed by atoms with Gasteiger partial charge in [0.1, 0.15) is 5.75 Å². The maximum atomic E-state index is 9.48. The standard InChI is InChI=1S/C17H20ClNO/c1-2-3-9-16(13-7-5-4-6-8-13)19-14-10-11-17(20)15(18)12-14/h4-8,10-12,16,19-20H,2-3,9H2,1H3. The van der Waals surface area contributed by atoms with Crippen molar-refractivity contribution in [2.45, 2.75) is 32.2 Å². The van der Waals surface area contributed by atoms with Crippen LogP contribution in [0, 0.1) is 0 Å². The van der Waals surface area contributed by atoms with Crippen molar-refractivity contribution >= 4 is 17.3 Å². The summed E-state index contributed by atoms with van der Waals surface area (Å²) < 4.78 is 0. The Morgan fingerprint density at radius 3 is 2.55 bits per heavy atom. The summed E-state index contributed by atoms with van der Waals surface area (Å²) in [6.45, 7) is 2.19.